The van der Waals surface area contributed by atoms with Crippen LogP contribution in [0.1, 0.15) is 29.3 Å². The van der Waals surface area contributed by atoms with E-state index in [9.17, 15) is 9.59 Å². The van der Waals surface area contributed by atoms with E-state index >= 15 is 0 Å². The number of rotatable bonds is 7. The van der Waals surface area contributed by atoms with Crippen LogP contribution in [0.25, 0.3) is 10.9 Å². The van der Waals surface area contributed by atoms with Gasteiger partial charge < -0.3 is 20.4 Å². The highest BCUT2D eigenvalue weighted by molar-refractivity contribution is 5.95. The van der Waals surface area contributed by atoms with Crippen molar-refractivity contribution >= 4 is 28.4 Å². The van der Waals surface area contributed by atoms with Gasteiger partial charge in [0.15, 0.2) is 0 Å². The second kappa shape index (κ2) is 8.40. The summed E-state index contributed by atoms with van der Waals surface area (Å²) in [6, 6.07) is 12.8. The van der Waals surface area contributed by atoms with E-state index in [1.165, 1.54) is 0 Å². The van der Waals surface area contributed by atoms with Gasteiger partial charge in [-0.25, -0.2) is 0 Å². The first-order valence-corrected chi connectivity index (χ1v) is 8.93. The number of benzene rings is 2. The van der Waals surface area contributed by atoms with Crippen molar-refractivity contribution in [1.82, 2.24) is 10.3 Å². The van der Waals surface area contributed by atoms with Gasteiger partial charge >= 0.3 is 0 Å². The Morgan fingerprint density at radius 2 is 1.89 bits per heavy atom. The number of carbonyl (C=O) groups excluding carboxylic acids is 2. The molecule has 2 aromatic carbocycles. The normalized spacial score (nSPS) is 10.6. The number of aromatic amines is 1. The predicted octanol–water partition coefficient (Wildman–Crippen LogP) is 3.50. The quantitative estimate of drug-likeness (QED) is 0.599. The Morgan fingerprint density at radius 3 is 2.59 bits per heavy atom. The number of amides is 2. The zero-order chi connectivity index (χ0) is 19.2. The molecule has 27 heavy (non-hydrogen) atoms. The van der Waals surface area contributed by atoms with Crippen molar-refractivity contribution in [3.05, 3.63) is 59.8 Å². The fraction of sp³-hybridized carbons (Fsp3) is 0.238. The van der Waals surface area contributed by atoms with E-state index in [2.05, 4.69) is 15.6 Å². The van der Waals surface area contributed by atoms with Crippen LogP contribution in [0.5, 0.6) is 5.75 Å². The van der Waals surface area contributed by atoms with Crippen LogP contribution in [0, 0.1) is 0 Å². The van der Waals surface area contributed by atoms with Gasteiger partial charge in [-0.1, -0.05) is 6.92 Å². The van der Waals surface area contributed by atoms with Crippen LogP contribution in [0.4, 0.5) is 5.69 Å². The van der Waals surface area contributed by atoms with E-state index in [-0.39, 0.29) is 11.8 Å². The SMILES string of the molecule is CCC(=O)Nc1ccc(C(=O)NCCc2c[nH]c3ccc(OC)cc23)cc1. The third-order valence-corrected chi connectivity index (χ3v) is 4.41. The average molecular weight is 365 g/mol. The minimum Gasteiger partial charge on any atom is -0.497 e. The molecule has 3 aromatic rings. The largest absolute Gasteiger partial charge is 0.497 e. The number of ether oxygens (including phenoxy) is 1. The van der Waals surface area contributed by atoms with E-state index < -0.39 is 0 Å². The third kappa shape index (κ3) is 4.47. The second-order valence-corrected chi connectivity index (χ2v) is 6.21. The van der Waals surface area contributed by atoms with Gasteiger partial charge in [-0.15, -0.1) is 0 Å². The Kier molecular flexibility index (Phi) is 5.76. The molecule has 0 spiro atoms. The molecule has 2 amide bonds. The first kappa shape index (κ1) is 18.5. The summed E-state index contributed by atoms with van der Waals surface area (Å²) in [5.41, 5.74) is 3.42. The van der Waals surface area contributed by atoms with Crippen LogP contribution in [-0.2, 0) is 11.2 Å². The van der Waals surface area contributed by atoms with Crippen LogP contribution in [-0.4, -0.2) is 30.5 Å². The van der Waals surface area contributed by atoms with E-state index in [4.69, 9.17) is 4.74 Å². The summed E-state index contributed by atoms with van der Waals surface area (Å²) >= 11 is 0. The molecule has 0 unspecified atom stereocenters. The van der Waals surface area contributed by atoms with Crippen LogP contribution >= 0.6 is 0 Å². The molecule has 0 aliphatic rings. The standard InChI is InChI=1S/C21H23N3O3/c1-3-20(25)24-16-6-4-14(5-7-16)21(26)22-11-10-15-13-23-19-9-8-17(27-2)12-18(15)19/h4-9,12-13,23H,3,10-11H2,1-2H3,(H,22,26)(H,24,25). The smallest absolute Gasteiger partial charge is 0.251 e. The first-order chi connectivity index (χ1) is 13.1. The van der Waals surface area contributed by atoms with Crippen LogP contribution in [0.15, 0.2) is 48.7 Å². The number of fused-ring (bicyclic) bond motifs is 1. The Hall–Kier alpha value is -3.28. The highest BCUT2D eigenvalue weighted by Gasteiger charge is 2.08. The number of H-pyrrole nitrogens is 1. The summed E-state index contributed by atoms with van der Waals surface area (Å²) in [6.07, 6.45) is 3.09. The van der Waals surface area contributed by atoms with Gasteiger partial charge in [-0.2, -0.15) is 0 Å². The highest BCUT2D eigenvalue weighted by Crippen LogP contribution is 2.23. The number of hydrogen-bond donors (Lipinski definition) is 3. The zero-order valence-electron chi connectivity index (χ0n) is 15.5. The molecule has 140 valence electrons. The number of hydrogen-bond acceptors (Lipinski definition) is 3. The minimum atomic E-state index is -0.138. The lowest BCUT2D eigenvalue weighted by Gasteiger charge is -2.07. The molecule has 1 aromatic heterocycles. The number of nitrogens with one attached hydrogen (secondary N) is 3. The van der Waals surface area contributed by atoms with Crippen LogP contribution in [0.3, 0.4) is 0 Å². The van der Waals surface area contributed by atoms with Crippen molar-refractivity contribution in [3.63, 3.8) is 0 Å². The van der Waals surface area contributed by atoms with Crippen LogP contribution < -0.4 is 15.4 Å². The van der Waals surface area contributed by atoms with Gasteiger partial charge in [-0.3, -0.25) is 9.59 Å². The average Bonchev–Trinajstić information content (AvgIpc) is 3.10. The number of aromatic nitrogens is 1. The Labute approximate surface area is 157 Å². The number of anilines is 1. The topological polar surface area (TPSA) is 83.2 Å². The molecule has 0 atom stereocenters. The predicted molar refractivity (Wildman–Crippen MR) is 106 cm³/mol. The fourth-order valence-electron chi connectivity index (χ4n) is 2.86. The lowest BCUT2D eigenvalue weighted by Crippen LogP contribution is -2.25. The molecule has 0 aliphatic heterocycles. The number of methoxy groups -OCH3 is 1. The van der Waals surface area contributed by atoms with Crippen molar-refractivity contribution in [2.75, 3.05) is 19.0 Å². The third-order valence-electron chi connectivity index (χ3n) is 4.41. The molecule has 0 saturated heterocycles. The Balaban J connectivity index is 1.57. The summed E-state index contributed by atoms with van der Waals surface area (Å²) in [6.45, 7) is 2.32. The van der Waals surface area contributed by atoms with Crippen molar-refractivity contribution in [1.29, 1.82) is 0 Å². The molecule has 0 aliphatic carbocycles. The van der Waals surface area contributed by atoms with E-state index in [1.54, 1.807) is 38.3 Å². The molecule has 0 fully saturated rings. The zero-order valence-corrected chi connectivity index (χ0v) is 15.5. The van der Waals surface area contributed by atoms with Gasteiger partial charge in [0.1, 0.15) is 5.75 Å². The molecule has 0 bridgehead atoms. The summed E-state index contributed by atoms with van der Waals surface area (Å²) in [5.74, 6) is 0.617. The maximum Gasteiger partial charge on any atom is 0.251 e. The lowest BCUT2D eigenvalue weighted by molar-refractivity contribution is -0.115. The van der Waals surface area contributed by atoms with Crippen molar-refractivity contribution in [3.8, 4) is 5.75 Å². The maximum absolute atomic E-state index is 12.3. The van der Waals surface area contributed by atoms with Crippen molar-refractivity contribution in [2.24, 2.45) is 0 Å². The molecule has 6 nitrogen and oxygen atoms in total. The monoisotopic (exact) mass is 365 g/mol. The summed E-state index contributed by atoms with van der Waals surface area (Å²) in [4.78, 5) is 26.9. The maximum atomic E-state index is 12.3. The molecular formula is C21H23N3O3. The Morgan fingerprint density at radius 1 is 1.11 bits per heavy atom. The number of carbonyl (C=O) groups is 2. The van der Waals surface area contributed by atoms with Crippen molar-refractivity contribution < 1.29 is 14.3 Å². The molecule has 6 heteroatoms. The van der Waals surface area contributed by atoms with Gasteiger partial charge in [-0.05, 0) is 54.4 Å². The fourth-order valence-corrected chi connectivity index (χ4v) is 2.86. The molecule has 3 rings (SSSR count). The summed E-state index contributed by atoms with van der Waals surface area (Å²) in [7, 11) is 1.65. The molecule has 0 saturated carbocycles. The second-order valence-electron chi connectivity index (χ2n) is 6.21. The van der Waals surface area contributed by atoms with Crippen LogP contribution in [0.2, 0.25) is 0 Å². The molecule has 3 N–H and O–H groups in total. The first-order valence-electron chi connectivity index (χ1n) is 8.93. The lowest BCUT2D eigenvalue weighted by atomic mass is 10.1. The van der Waals surface area contributed by atoms with Crippen molar-refractivity contribution in [2.45, 2.75) is 19.8 Å². The molecular weight excluding hydrogens is 342 g/mol. The summed E-state index contributed by atoms with van der Waals surface area (Å²) < 4.78 is 5.28. The van der Waals surface area contributed by atoms with Gasteiger partial charge in [0, 0.05) is 41.3 Å². The van der Waals surface area contributed by atoms with Gasteiger partial charge in [0.2, 0.25) is 5.91 Å². The van der Waals surface area contributed by atoms with Gasteiger partial charge in [0.05, 0.1) is 7.11 Å². The van der Waals surface area contributed by atoms with E-state index in [1.807, 2.05) is 24.4 Å². The molecule has 0 radical (unpaired) electrons. The molecule has 1 heterocycles. The van der Waals surface area contributed by atoms with E-state index in [0.717, 1.165) is 22.2 Å². The van der Waals surface area contributed by atoms with E-state index in [0.29, 0.717) is 30.6 Å². The Bertz CT molecular complexity index is 945. The minimum absolute atomic E-state index is 0.0532. The summed E-state index contributed by atoms with van der Waals surface area (Å²) in [5, 5.41) is 6.79. The highest BCUT2D eigenvalue weighted by atomic mass is 16.5. The van der Waals surface area contributed by atoms with Gasteiger partial charge in [0.25, 0.3) is 5.91 Å².